The topological polar surface area (TPSA) is 29.5 Å². The number of allylic oxidation sites excluding steroid dienone is 3. The molecular formula is C13H21NO2. The summed E-state index contributed by atoms with van der Waals surface area (Å²) in [5.41, 5.74) is 0.967. The Morgan fingerprint density at radius 1 is 1.62 bits per heavy atom. The van der Waals surface area contributed by atoms with E-state index in [1.165, 1.54) is 0 Å². The molecule has 0 N–H and O–H groups in total. The van der Waals surface area contributed by atoms with E-state index in [0.29, 0.717) is 0 Å². The minimum atomic E-state index is -0.00657. The van der Waals surface area contributed by atoms with Crippen LogP contribution in [0.2, 0.25) is 0 Å². The van der Waals surface area contributed by atoms with Gasteiger partial charge in [0.25, 0.3) is 0 Å². The average molecular weight is 223 g/mol. The Hall–Kier alpha value is -1.09. The van der Waals surface area contributed by atoms with Gasteiger partial charge in [-0.05, 0) is 25.8 Å². The van der Waals surface area contributed by atoms with Crippen LogP contribution in [-0.2, 0) is 9.53 Å². The monoisotopic (exact) mass is 223 g/mol. The van der Waals surface area contributed by atoms with E-state index < -0.39 is 0 Å². The van der Waals surface area contributed by atoms with Crippen LogP contribution in [0.25, 0.3) is 0 Å². The fourth-order valence-electron chi connectivity index (χ4n) is 1.78. The maximum Gasteiger partial charge on any atom is 0.223 e. The molecule has 1 saturated heterocycles. The van der Waals surface area contributed by atoms with Gasteiger partial charge in [-0.3, -0.25) is 4.79 Å². The highest BCUT2D eigenvalue weighted by Gasteiger charge is 2.22. The first-order chi connectivity index (χ1) is 7.66. The highest BCUT2D eigenvalue weighted by Crippen LogP contribution is 2.18. The Kier molecular flexibility index (Phi) is 5.26. The lowest BCUT2D eigenvalue weighted by atomic mass is 10.2. The Labute approximate surface area is 97.8 Å². The van der Waals surface area contributed by atoms with E-state index in [2.05, 4.69) is 13.0 Å². The van der Waals surface area contributed by atoms with E-state index in [-0.39, 0.29) is 12.0 Å². The van der Waals surface area contributed by atoms with Crippen molar-refractivity contribution in [2.75, 3.05) is 13.2 Å². The zero-order valence-corrected chi connectivity index (χ0v) is 10.4. The first kappa shape index (κ1) is 13.0. The van der Waals surface area contributed by atoms with Crippen molar-refractivity contribution in [2.45, 2.75) is 39.7 Å². The quantitative estimate of drug-likeness (QED) is 0.720. The predicted octanol–water partition coefficient (Wildman–Crippen LogP) is 2.49. The van der Waals surface area contributed by atoms with Crippen molar-refractivity contribution in [1.29, 1.82) is 0 Å². The molecule has 3 nitrogen and oxygen atoms in total. The highest BCUT2D eigenvalue weighted by atomic mass is 16.5. The highest BCUT2D eigenvalue weighted by molar-refractivity contribution is 5.75. The number of carbonyl (C=O) groups excluding carboxylic acids is 1. The van der Waals surface area contributed by atoms with Crippen LogP contribution in [0.5, 0.6) is 0 Å². The van der Waals surface area contributed by atoms with Gasteiger partial charge in [0.05, 0.1) is 6.10 Å². The van der Waals surface area contributed by atoms with Gasteiger partial charge in [-0.25, -0.2) is 0 Å². The van der Waals surface area contributed by atoms with Crippen molar-refractivity contribution in [2.24, 2.45) is 0 Å². The van der Waals surface area contributed by atoms with Gasteiger partial charge in [0.2, 0.25) is 5.91 Å². The second-order valence-electron chi connectivity index (χ2n) is 3.97. The Morgan fingerprint density at radius 3 is 3.00 bits per heavy atom. The third-order valence-electron chi connectivity index (χ3n) is 2.64. The summed E-state index contributed by atoms with van der Waals surface area (Å²) in [5, 5.41) is 0. The first-order valence-corrected chi connectivity index (χ1v) is 5.93. The average Bonchev–Trinajstić information content (AvgIpc) is 2.42. The molecular weight excluding hydrogens is 202 g/mol. The lowest BCUT2D eigenvalue weighted by molar-refractivity contribution is -0.127. The minimum Gasteiger partial charge on any atom is -0.372 e. The van der Waals surface area contributed by atoms with Gasteiger partial charge in [-0.2, -0.15) is 0 Å². The lowest BCUT2D eigenvalue weighted by Gasteiger charge is -2.24. The molecule has 1 aliphatic heterocycles. The molecule has 90 valence electrons. The molecule has 0 aromatic rings. The molecule has 1 amide bonds. The third kappa shape index (κ3) is 3.49. The van der Waals surface area contributed by atoms with Gasteiger partial charge in [0.15, 0.2) is 0 Å². The van der Waals surface area contributed by atoms with Gasteiger partial charge in [0.1, 0.15) is 0 Å². The van der Waals surface area contributed by atoms with Crippen molar-refractivity contribution >= 4 is 5.91 Å². The van der Waals surface area contributed by atoms with Crippen LogP contribution in [0.1, 0.15) is 33.6 Å². The molecule has 0 aromatic heterocycles. The van der Waals surface area contributed by atoms with Gasteiger partial charge in [0, 0.05) is 25.8 Å². The molecule has 1 unspecified atom stereocenters. The summed E-state index contributed by atoms with van der Waals surface area (Å²) in [6, 6.07) is 0. The van der Waals surface area contributed by atoms with Crippen LogP contribution in [0, 0.1) is 0 Å². The molecule has 16 heavy (non-hydrogen) atoms. The first-order valence-electron chi connectivity index (χ1n) is 5.93. The smallest absolute Gasteiger partial charge is 0.223 e. The van der Waals surface area contributed by atoms with Gasteiger partial charge in [-0.1, -0.05) is 19.1 Å². The number of hydrogen-bond donors (Lipinski definition) is 0. The molecule has 0 saturated carbocycles. The number of carbonyl (C=O) groups is 1. The van der Waals surface area contributed by atoms with Gasteiger partial charge < -0.3 is 9.64 Å². The van der Waals surface area contributed by atoms with Crippen LogP contribution in [0.4, 0.5) is 0 Å². The molecule has 0 aliphatic carbocycles. The summed E-state index contributed by atoms with van der Waals surface area (Å²) in [6.45, 7) is 7.16. The van der Waals surface area contributed by atoms with Crippen molar-refractivity contribution < 1.29 is 9.53 Å². The summed E-state index contributed by atoms with van der Waals surface area (Å²) in [4.78, 5) is 13.4. The van der Waals surface area contributed by atoms with Gasteiger partial charge in [-0.15, -0.1) is 0 Å². The van der Waals surface area contributed by atoms with Crippen LogP contribution in [0.15, 0.2) is 23.9 Å². The van der Waals surface area contributed by atoms with E-state index in [1.54, 1.807) is 6.92 Å². The van der Waals surface area contributed by atoms with Crippen LogP contribution in [0.3, 0.4) is 0 Å². The fourth-order valence-corrected chi connectivity index (χ4v) is 1.78. The van der Waals surface area contributed by atoms with E-state index in [9.17, 15) is 4.79 Å². The molecule has 0 spiro atoms. The van der Waals surface area contributed by atoms with Crippen molar-refractivity contribution in [3.8, 4) is 0 Å². The second-order valence-corrected chi connectivity index (χ2v) is 3.97. The van der Waals surface area contributed by atoms with E-state index >= 15 is 0 Å². The molecule has 0 bridgehead atoms. The number of hydrogen-bond acceptors (Lipinski definition) is 2. The van der Waals surface area contributed by atoms with E-state index in [0.717, 1.165) is 31.7 Å². The zero-order valence-electron chi connectivity index (χ0n) is 10.4. The molecule has 1 fully saturated rings. The summed E-state index contributed by atoms with van der Waals surface area (Å²) in [7, 11) is 0. The Balaban J connectivity index is 2.88. The summed E-state index contributed by atoms with van der Waals surface area (Å²) in [5.74, 6) is 0.0912. The molecule has 0 aromatic carbocycles. The van der Waals surface area contributed by atoms with E-state index in [4.69, 9.17) is 4.74 Å². The van der Waals surface area contributed by atoms with Crippen LogP contribution >= 0.6 is 0 Å². The second kappa shape index (κ2) is 6.48. The SMILES string of the molecule is CC/C=C\C=C1/C(C)OCCCN1C(C)=O. The Bertz CT molecular complexity index is 294. The normalized spacial score (nSPS) is 25.1. The maximum atomic E-state index is 11.5. The maximum absolute atomic E-state index is 11.5. The van der Waals surface area contributed by atoms with Crippen molar-refractivity contribution in [3.63, 3.8) is 0 Å². The molecule has 1 rings (SSSR count). The number of nitrogens with zero attached hydrogens (tertiary/aromatic N) is 1. The Morgan fingerprint density at radius 2 is 2.38 bits per heavy atom. The summed E-state index contributed by atoms with van der Waals surface area (Å²) >= 11 is 0. The number of ether oxygens (including phenoxy) is 1. The predicted molar refractivity (Wildman–Crippen MR) is 64.9 cm³/mol. The largest absolute Gasteiger partial charge is 0.372 e. The number of amides is 1. The minimum absolute atomic E-state index is 0.00657. The van der Waals surface area contributed by atoms with Gasteiger partial charge >= 0.3 is 0 Å². The van der Waals surface area contributed by atoms with Crippen molar-refractivity contribution in [1.82, 2.24) is 4.90 Å². The molecule has 3 heteroatoms. The summed E-state index contributed by atoms with van der Waals surface area (Å²) < 4.78 is 5.63. The fraction of sp³-hybridized carbons (Fsp3) is 0.615. The third-order valence-corrected chi connectivity index (χ3v) is 2.64. The standard InChI is InChI=1S/C13H21NO2/c1-4-5-6-8-13-11(2)16-10-7-9-14(13)12(3)15/h5-6,8,11H,4,7,9-10H2,1-3H3/b6-5-,13-8+. The number of rotatable bonds is 2. The zero-order chi connectivity index (χ0) is 12.0. The molecule has 1 heterocycles. The van der Waals surface area contributed by atoms with Crippen LogP contribution < -0.4 is 0 Å². The van der Waals surface area contributed by atoms with Crippen LogP contribution in [-0.4, -0.2) is 30.1 Å². The summed E-state index contributed by atoms with van der Waals surface area (Å²) in [6.07, 6.45) is 7.95. The lowest BCUT2D eigenvalue weighted by Crippen LogP contribution is -2.32. The van der Waals surface area contributed by atoms with E-state index in [1.807, 2.05) is 24.0 Å². The molecule has 0 radical (unpaired) electrons. The van der Waals surface area contributed by atoms with Crippen molar-refractivity contribution in [3.05, 3.63) is 23.9 Å². The molecule has 1 atom stereocenters. The molecule has 1 aliphatic rings.